The predicted octanol–water partition coefficient (Wildman–Crippen LogP) is 2.94. The molecule has 1 amide bonds. The van der Waals surface area contributed by atoms with Crippen LogP contribution in [0, 0.1) is 17.3 Å². The van der Waals surface area contributed by atoms with Crippen molar-refractivity contribution in [2.75, 3.05) is 5.32 Å². The van der Waals surface area contributed by atoms with Gasteiger partial charge in [-0.15, -0.1) is 0 Å². The number of nitrogens with one attached hydrogen (secondary N) is 1. The van der Waals surface area contributed by atoms with Gasteiger partial charge >= 0.3 is 5.97 Å². The molecule has 1 heterocycles. The van der Waals surface area contributed by atoms with Gasteiger partial charge in [-0.1, -0.05) is 11.6 Å². The second-order valence-electron chi connectivity index (χ2n) is 8.36. The van der Waals surface area contributed by atoms with Crippen LogP contribution in [-0.4, -0.2) is 33.7 Å². The lowest BCUT2D eigenvalue weighted by atomic mass is 9.48. The van der Waals surface area contributed by atoms with Crippen LogP contribution < -0.4 is 5.32 Å². The van der Waals surface area contributed by atoms with E-state index < -0.39 is 23.0 Å². The van der Waals surface area contributed by atoms with Gasteiger partial charge in [0.05, 0.1) is 16.0 Å². The highest BCUT2D eigenvalue weighted by Gasteiger charge is 2.61. The number of amides is 1. The third-order valence-corrected chi connectivity index (χ3v) is 6.32. The number of hydrogen-bond donors (Lipinski definition) is 2. The van der Waals surface area contributed by atoms with Crippen molar-refractivity contribution in [3.8, 4) is 0 Å². The zero-order valence-electron chi connectivity index (χ0n) is 14.7. The van der Waals surface area contributed by atoms with E-state index in [1.54, 1.807) is 19.1 Å². The minimum atomic E-state index is -0.928. The highest BCUT2D eigenvalue weighted by atomic mass is 35.5. The summed E-state index contributed by atoms with van der Waals surface area (Å²) in [6, 6.07) is 3.21. The van der Waals surface area contributed by atoms with Crippen molar-refractivity contribution < 1.29 is 19.4 Å². The second-order valence-corrected chi connectivity index (χ2v) is 8.80. The topological polar surface area (TPSA) is 88.5 Å². The number of esters is 1. The molecule has 140 valence electrons. The van der Waals surface area contributed by atoms with Crippen LogP contribution in [0.4, 0.5) is 5.82 Å². The van der Waals surface area contributed by atoms with Crippen molar-refractivity contribution in [3.05, 3.63) is 23.4 Å². The monoisotopic (exact) mass is 378 g/mol. The highest BCUT2D eigenvalue weighted by molar-refractivity contribution is 6.30. The number of carbonyl (C=O) groups excluding carboxylic acids is 2. The van der Waals surface area contributed by atoms with Gasteiger partial charge in [-0.2, -0.15) is 0 Å². The van der Waals surface area contributed by atoms with E-state index in [9.17, 15) is 14.7 Å². The van der Waals surface area contributed by atoms with Gasteiger partial charge in [0.2, 0.25) is 0 Å². The Labute approximate surface area is 157 Å². The Balaban J connectivity index is 1.41. The van der Waals surface area contributed by atoms with Gasteiger partial charge in [0.15, 0.2) is 6.10 Å². The van der Waals surface area contributed by atoms with Crippen LogP contribution in [0.2, 0.25) is 5.02 Å². The molecule has 4 fully saturated rings. The van der Waals surface area contributed by atoms with Gasteiger partial charge in [-0.3, -0.25) is 9.59 Å². The normalized spacial score (nSPS) is 35.8. The lowest BCUT2D eigenvalue weighted by Crippen LogP contribution is -2.59. The van der Waals surface area contributed by atoms with Crippen molar-refractivity contribution in [2.24, 2.45) is 17.3 Å². The molecule has 4 aliphatic carbocycles. The molecule has 0 saturated heterocycles. The highest BCUT2D eigenvalue weighted by Crippen LogP contribution is 2.62. The Morgan fingerprint density at radius 3 is 2.58 bits per heavy atom. The van der Waals surface area contributed by atoms with E-state index in [-0.39, 0.29) is 5.97 Å². The number of rotatable bonds is 4. The quantitative estimate of drug-likeness (QED) is 0.786. The van der Waals surface area contributed by atoms with Crippen molar-refractivity contribution in [1.29, 1.82) is 0 Å². The number of nitrogens with zero attached hydrogens (tertiary/aromatic N) is 1. The molecule has 26 heavy (non-hydrogen) atoms. The third kappa shape index (κ3) is 3.21. The Morgan fingerprint density at radius 1 is 1.31 bits per heavy atom. The summed E-state index contributed by atoms with van der Waals surface area (Å²) in [4.78, 5) is 29.2. The molecule has 5 rings (SSSR count). The maximum atomic E-state index is 12.9. The molecule has 7 heteroatoms. The van der Waals surface area contributed by atoms with E-state index in [0.717, 1.165) is 32.1 Å². The Hall–Kier alpha value is -1.66. The van der Waals surface area contributed by atoms with E-state index in [4.69, 9.17) is 16.3 Å². The Kier molecular flexibility index (Phi) is 4.23. The molecule has 3 unspecified atom stereocenters. The Morgan fingerprint density at radius 2 is 2.00 bits per heavy atom. The first kappa shape index (κ1) is 17.7. The number of pyridine rings is 1. The third-order valence-electron chi connectivity index (χ3n) is 6.09. The fourth-order valence-corrected chi connectivity index (χ4v) is 5.58. The first-order chi connectivity index (χ1) is 12.3. The summed E-state index contributed by atoms with van der Waals surface area (Å²) >= 11 is 5.78. The molecule has 2 N–H and O–H groups in total. The fraction of sp³-hybridized carbons (Fsp3) is 0.632. The summed E-state index contributed by atoms with van der Waals surface area (Å²) in [7, 11) is 0. The molecule has 6 nitrogen and oxygen atoms in total. The van der Waals surface area contributed by atoms with E-state index in [2.05, 4.69) is 10.3 Å². The summed E-state index contributed by atoms with van der Waals surface area (Å²) in [5.74, 6) is 0.340. The zero-order valence-corrected chi connectivity index (χ0v) is 15.5. The van der Waals surface area contributed by atoms with E-state index in [1.807, 2.05) is 0 Å². The van der Waals surface area contributed by atoms with E-state index in [0.29, 0.717) is 29.1 Å². The predicted molar refractivity (Wildman–Crippen MR) is 95.5 cm³/mol. The molecular weight excluding hydrogens is 356 g/mol. The number of carbonyl (C=O) groups is 2. The smallest absolute Gasteiger partial charge is 0.312 e. The van der Waals surface area contributed by atoms with Gasteiger partial charge in [0.1, 0.15) is 5.82 Å². The molecule has 3 atom stereocenters. The van der Waals surface area contributed by atoms with Crippen LogP contribution in [-0.2, 0) is 14.3 Å². The van der Waals surface area contributed by atoms with Gasteiger partial charge in [-0.05, 0) is 69.4 Å². The van der Waals surface area contributed by atoms with Crippen molar-refractivity contribution >= 4 is 29.3 Å². The minimum absolute atomic E-state index is 0.350. The number of aromatic nitrogens is 1. The maximum Gasteiger partial charge on any atom is 0.312 e. The summed E-state index contributed by atoms with van der Waals surface area (Å²) in [6.07, 6.45) is 5.16. The minimum Gasteiger partial charge on any atom is -0.452 e. The van der Waals surface area contributed by atoms with E-state index >= 15 is 0 Å². The number of hydrogen-bond acceptors (Lipinski definition) is 5. The Bertz CT molecular complexity index is 722. The largest absolute Gasteiger partial charge is 0.452 e. The number of ether oxygens (including phenoxy) is 1. The molecule has 4 bridgehead atoms. The van der Waals surface area contributed by atoms with Crippen LogP contribution in [0.25, 0.3) is 0 Å². The van der Waals surface area contributed by atoms with Crippen molar-refractivity contribution in [1.82, 2.24) is 4.98 Å². The lowest BCUT2D eigenvalue weighted by Gasteiger charge is -2.58. The summed E-state index contributed by atoms with van der Waals surface area (Å²) < 4.78 is 5.52. The van der Waals surface area contributed by atoms with Crippen LogP contribution in [0.3, 0.4) is 0 Å². The average Bonchev–Trinajstić information content (AvgIpc) is 2.54. The zero-order chi connectivity index (χ0) is 18.5. The molecule has 4 aliphatic rings. The van der Waals surface area contributed by atoms with Gasteiger partial charge in [0, 0.05) is 6.20 Å². The molecule has 1 aromatic heterocycles. The molecule has 0 spiro atoms. The molecular formula is C19H23ClN2O4. The molecule has 0 aromatic carbocycles. The van der Waals surface area contributed by atoms with Gasteiger partial charge in [0.25, 0.3) is 5.91 Å². The molecule has 0 aliphatic heterocycles. The van der Waals surface area contributed by atoms with E-state index in [1.165, 1.54) is 6.20 Å². The first-order valence-electron chi connectivity index (χ1n) is 9.13. The molecule has 1 aromatic rings. The average molecular weight is 379 g/mol. The van der Waals surface area contributed by atoms with Crippen molar-refractivity contribution in [2.45, 2.75) is 57.2 Å². The van der Waals surface area contributed by atoms with Gasteiger partial charge in [-0.25, -0.2) is 4.98 Å². The first-order valence-corrected chi connectivity index (χ1v) is 9.51. The van der Waals surface area contributed by atoms with Crippen LogP contribution in [0.1, 0.15) is 45.4 Å². The summed E-state index contributed by atoms with van der Waals surface area (Å²) in [5.41, 5.74) is -1.37. The van der Waals surface area contributed by atoms with Crippen LogP contribution >= 0.6 is 11.6 Å². The summed E-state index contributed by atoms with van der Waals surface area (Å²) in [6.45, 7) is 1.55. The van der Waals surface area contributed by atoms with Crippen molar-refractivity contribution in [3.63, 3.8) is 0 Å². The second kappa shape index (κ2) is 6.20. The van der Waals surface area contributed by atoms with Crippen LogP contribution in [0.5, 0.6) is 0 Å². The lowest BCUT2D eigenvalue weighted by molar-refractivity contribution is -0.199. The SMILES string of the molecule is CC(OC(=O)C12CC3CC(CC(O)(C3)C1)C2)C(=O)Nc1ccc(Cl)cn1. The van der Waals surface area contributed by atoms with Gasteiger partial charge < -0.3 is 15.2 Å². The number of anilines is 1. The number of aliphatic hydroxyl groups is 1. The maximum absolute atomic E-state index is 12.9. The fourth-order valence-electron chi connectivity index (χ4n) is 5.47. The standard InChI is InChI=1S/C19H23ClN2O4/c1-11(16(23)22-15-3-2-14(20)9-21-15)26-17(24)18-5-12-4-13(6-18)8-19(25,7-12)10-18/h2-3,9,11-13,25H,4-8,10H2,1H3,(H,21,22,23). The number of halogens is 1. The van der Waals surface area contributed by atoms with Crippen LogP contribution in [0.15, 0.2) is 18.3 Å². The molecule has 4 saturated carbocycles. The molecule has 0 radical (unpaired) electrons. The summed E-state index contributed by atoms with van der Waals surface area (Å²) in [5, 5.41) is 13.9.